The molecule has 72 valence electrons. The Balaban J connectivity index is 2.26. The molecule has 1 fully saturated rings. The van der Waals surface area contributed by atoms with Crippen LogP contribution in [0.15, 0.2) is 24.3 Å². The Bertz CT molecular complexity index is 361. The van der Waals surface area contributed by atoms with Crippen LogP contribution in [-0.2, 0) is 6.42 Å². The largest absolute Gasteiger partial charge is 0.324 e. The molecule has 0 amide bonds. The van der Waals surface area contributed by atoms with Crippen molar-refractivity contribution in [2.24, 2.45) is 11.7 Å². The van der Waals surface area contributed by atoms with Crippen LogP contribution in [0.4, 0.5) is 0 Å². The van der Waals surface area contributed by atoms with E-state index < -0.39 is 0 Å². The quantitative estimate of drug-likeness (QED) is 0.786. The SMILES string of the molecule is N#CCc1ccccc1C(N)C1CC1. The van der Waals surface area contributed by atoms with Gasteiger partial charge in [0, 0.05) is 6.04 Å². The normalized spacial score (nSPS) is 17.4. The highest BCUT2D eigenvalue weighted by atomic mass is 14.7. The molecule has 2 heteroatoms. The molecule has 0 spiro atoms. The number of nitriles is 1. The Labute approximate surface area is 84.3 Å². The zero-order valence-corrected chi connectivity index (χ0v) is 8.11. The van der Waals surface area contributed by atoms with Crippen molar-refractivity contribution in [1.82, 2.24) is 0 Å². The van der Waals surface area contributed by atoms with Crippen molar-refractivity contribution in [3.63, 3.8) is 0 Å². The Kier molecular flexibility index (Phi) is 2.51. The second-order valence-corrected chi connectivity index (χ2v) is 3.90. The topological polar surface area (TPSA) is 49.8 Å². The summed E-state index contributed by atoms with van der Waals surface area (Å²) in [5.41, 5.74) is 8.38. The lowest BCUT2D eigenvalue weighted by molar-refractivity contribution is 0.628. The van der Waals surface area contributed by atoms with E-state index in [2.05, 4.69) is 12.1 Å². The number of hydrogen-bond donors (Lipinski definition) is 1. The average molecular weight is 186 g/mol. The lowest BCUT2D eigenvalue weighted by Crippen LogP contribution is -2.14. The Morgan fingerprint density at radius 1 is 1.43 bits per heavy atom. The van der Waals surface area contributed by atoms with E-state index in [0.717, 1.165) is 11.1 Å². The fourth-order valence-corrected chi connectivity index (χ4v) is 1.81. The van der Waals surface area contributed by atoms with E-state index in [9.17, 15) is 0 Å². The van der Waals surface area contributed by atoms with E-state index in [1.54, 1.807) is 0 Å². The summed E-state index contributed by atoms with van der Waals surface area (Å²) in [5.74, 6) is 0.648. The van der Waals surface area contributed by atoms with Crippen LogP contribution in [0.25, 0.3) is 0 Å². The second kappa shape index (κ2) is 3.81. The van der Waals surface area contributed by atoms with Crippen molar-refractivity contribution in [3.8, 4) is 6.07 Å². The first kappa shape index (κ1) is 9.23. The van der Waals surface area contributed by atoms with Gasteiger partial charge in [-0.1, -0.05) is 24.3 Å². The molecule has 0 radical (unpaired) electrons. The van der Waals surface area contributed by atoms with Crippen molar-refractivity contribution in [3.05, 3.63) is 35.4 Å². The zero-order chi connectivity index (χ0) is 9.97. The van der Waals surface area contributed by atoms with Crippen molar-refractivity contribution in [1.29, 1.82) is 5.26 Å². The van der Waals surface area contributed by atoms with Gasteiger partial charge in [0.2, 0.25) is 0 Å². The maximum absolute atomic E-state index is 8.69. The molecule has 1 aromatic carbocycles. The number of nitrogens with zero attached hydrogens (tertiary/aromatic N) is 1. The third-order valence-corrected chi connectivity index (χ3v) is 2.81. The zero-order valence-electron chi connectivity index (χ0n) is 8.11. The Morgan fingerprint density at radius 3 is 2.79 bits per heavy atom. The molecule has 0 aliphatic heterocycles. The van der Waals surface area contributed by atoms with Crippen molar-refractivity contribution >= 4 is 0 Å². The highest BCUT2D eigenvalue weighted by Gasteiger charge is 2.30. The Hall–Kier alpha value is -1.33. The molecule has 14 heavy (non-hydrogen) atoms. The summed E-state index contributed by atoms with van der Waals surface area (Å²) in [7, 11) is 0. The van der Waals surface area contributed by atoms with Crippen LogP contribution < -0.4 is 5.73 Å². The van der Waals surface area contributed by atoms with Gasteiger partial charge < -0.3 is 5.73 Å². The summed E-state index contributed by atoms with van der Waals surface area (Å²) in [5, 5.41) is 8.69. The van der Waals surface area contributed by atoms with Gasteiger partial charge in [-0.25, -0.2) is 0 Å². The van der Waals surface area contributed by atoms with Gasteiger partial charge in [0.25, 0.3) is 0 Å². The molecule has 1 aromatic rings. The van der Waals surface area contributed by atoms with Gasteiger partial charge in [-0.2, -0.15) is 5.26 Å². The minimum Gasteiger partial charge on any atom is -0.324 e. The molecule has 1 aliphatic rings. The number of rotatable bonds is 3. The van der Waals surface area contributed by atoms with Gasteiger partial charge in [0.15, 0.2) is 0 Å². The van der Waals surface area contributed by atoms with Crippen LogP contribution in [-0.4, -0.2) is 0 Å². The molecule has 1 aliphatic carbocycles. The lowest BCUT2D eigenvalue weighted by atomic mass is 9.96. The van der Waals surface area contributed by atoms with Crippen molar-refractivity contribution < 1.29 is 0 Å². The second-order valence-electron chi connectivity index (χ2n) is 3.90. The van der Waals surface area contributed by atoms with Gasteiger partial charge in [-0.15, -0.1) is 0 Å². The minimum absolute atomic E-state index is 0.138. The van der Waals surface area contributed by atoms with E-state index >= 15 is 0 Å². The number of benzene rings is 1. The van der Waals surface area contributed by atoms with E-state index in [1.165, 1.54) is 12.8 Å². The maximum Gasteiger partial charge on any atom is 0.0669 e. The molecule has 0 heterocycles. The van der Waals surface area contributed by atoms with Crippen molar-refractivity contribution in [2.45, 2.75) is 25.3 Å². The van der Waals surface area contributed by atoms with Gasteiger partial charge in [0.05, 0.1) is 12.5 Å². The number of nitrogens with two attached hydrogens (primary N) is 1. The van der Waals surface area contributed by atoms with Gasteiger partial charge in [0.1, 0.15) is 0 Å². The van der Waals surface area contributed by atoms with Crippen molar-refractivity contribution in [2.75, 3.05) is 0 Å². The van der Waals surface area contributed by atoms with E-state index in [0.29, 0.717) is 12.3 Å². The smallest absolute Gasteiger partial charge is 0.0669 e. The minimum atomic E-state index is 0.138. The highest BCUT2D eigenvalue weighted by molar-refractivity contribution is 5.32. The summed E-state index contributed by atoms with van der Waals surface area (Å²) >= 11 is 0. The molecular weight excluding hydrogens is 172 g/mol. The van der Waals surface area contributed by atoms with Crippen LogP contribution >= 0.6 is 0 Å². The van der Waals surface area contributed by atoms with Crippen LogP contribution in [0.5, 0.6) is 0 Å². The fourth-order valence-electron chi connectivity index (χ4n) is 1.81. The molecule has 0 saturated heterocycles. The highest BCUT2D eigenvalue weighted by Crippen LogP contribution is 2.40. The molecular formula is C12H14N2. The molecule has 1 unspecified atom stereocenters. The monoisotopic (exact) mass is 186 g/mol. The van der Waals surface area contributed by atoms with Crippen LogP contribution in [0.3, 0.4) is 0 Å². The summed E-state index contributed by atoms with van der Waals surface area (Å²) in [4.78, 5) is 0. The molecule has 1 atom stereocenters. The average Bonchev–Trinajstić information content (AvgIpc) is 3.01. The standard InChI is InChI=1S/C12H14N2/c13-8-7-9-3-1-2-4-11(9)12(14)10-5-6-10/h1-4,10,12H,5-7,14H2. The predicted octanol–water partition coefficient (Wildman–Crippen LogP) is 2.16. The third kappa shape index (κ3) is 1.78. The summed E-state index contributed by atoms with van der Waals surface area (Å²) in [6, 6.07) is 10.3. The molecule has 0 aromatic heterocycles. The van der Waals surface area contributed by atoms with Crippen LogP contribution in [0.1, 0.15) is 30.0 Å². The molecule has 0 bridgehead atoms. The first-order valence-electron chi connectivity index (χ1n) is 5.03. The summed E-state index contributed by atoms with van der Waals surface area (Å²) < 4.78 is 0. The van der Waals surface area contributed by atoms with E-state index in [1.807, 2.05) is 18.2 Å². The van der Waals surface area contributed by atoms with E-state index in [-0.39, 0.29) is 6.04 Å². The Morgan fingerprint density at radius 2 is 2.14 bits per heavy atom. The fraction of sp³-hybridized carbons (Fsp3) is 0.417. The molecule has 1 saturated carbocycles. The summed E-state index contributed by atoms with van der Waals surface area (Å²) in [6.07, 6.45) is 2.95. The lowest BCUT2D eigenvalue weighted by Gasteiger charge is -2.13. The van der Waals surface area contributed by atoms with Gasteiger partial charge >= 0.3 is 0 Å². The predicted molar refractivity (Wildman–Crippen MR) is 55.4 cm³/mol. The van der Waals surface area contributed by atoms with Crippen LogP contribution in [0.2, 0.25) is 0 Å². The summed E-state index contributed by atoms with van der Waals surface area (Å²) in [6.45, 7) is 0. The van der Waals surface area contributed by atoms with Crippen LogP contribution in [0, 0.1) is 17.2 Å². The first-order chi connectivity index (χ1) is 6.83. The maximum atomic E-state index is 8.69. The molecule has 2 rings (SSSR count). The number of hydrogen-bond acceptors (Lipinski definition) is 2. The molecule has 2 nitrogen and oxygen atoms in total. The first-order valence-corrected chi connectivity index (χ1v) is 5.03. The third-order valence-electron chi connectivity index (χ3n) is 2.81. The van der Waals surface area contributed by atoms with Gasteiger partial charge in [-0.3, -0.25) is 0 Å². The van der Waals surface area contributed by atoms with Gasteiger partial charge in [-0.05, 0) is 29.9 Å². The van der Waals surface area contributed by atoms with E-state index in [4.69, 9.17) is 11.0 Å². The molecule has 2 N–H and O–H groups in total.